The van der Waals surface area contributed by atoms with Crippen molar-refractivity contribution in [2.75, 3.05) is 6.54 Å². The van der Waals surface area contributed by atoms with Gasteiger partial charge in [0, 0.05) is 19.3 Å². The maximum atomic E-state index is 13.1. The Morgan fingerprint density at radius 3 is 2.41 bits per heavy atom. The van der Waals surface area contributed by atoms with Crippen LogP contribution in [0.2, 0.25) is 0 Å². The largest absolute Gasteiger partial charge is 0.481 e. The number of aliphatic hydroxyl groups is 1. The van der Waals surface area contributed by atoms with Gasteiger partial charge in [-0.25, -0.2) is 14.1 Å². The SMILES string of the molecule is O=C(O)c1ccccc1C(=O)NC1CCC[N+]12C(=O)C21CC(O)CCC1C(=O)O. The summed E-state index contributed by atoms with van der Waals surface area (Å²) < 4.78 is -0.165. The Morgan fingerprint density at radius 1 is 1.07 bits per heavy atom. The van der Waals surface area contributed by atoms with Gasteiger partial charge in [-0.15, -0.1) is 0 Å². The van der Waals surface area contributed by atoms with Crippen LogP contribution in [0.5, 0.6) is 0 Å². The molecule has 2 heterocycles. The molecule has 3 fully saturated rings. The van der Waals surface area contributed by atoms with Gasteiger partial charge in [0.05, 0.1) is 23.8 Å². The summed E-state index contributed by atoms with van der Waals surface area (Å²) in [7, 11) is 0. The average Bonchev–Trinajstić information content (AvgIpc) is 2.99. The van der Waals surface area contributed by atoms with Gasteiger partial charge in [-0.1, -0.05) is 12.1 Å². The number of aliphatic hydroxyl groups excluding tert-OH is 1. The Hall–Kier alpha value is -2.78. The maximum absolute atomic E-state index is 13.1. The van der Waals surface area contributed by atoms with Crippen molar-refractivity contribution < 1.29 is 39.0 Å². The van der Waals surface area contributed by atoms with Crippen LogP contribution in [-0.4, -0.2) is 67.9 Å². The number of aromatic carboxylic acids is 1. The number of carboxylic acids is 2. The van der Waals surface area contributed by atoms with Crippen molar-refractivity contribution in [1.82, 2.24) is 5.32 Å². The average molecular weight is 403 g/mol. The van der Waals surface area contributed by atoms with E-state index < -0.39 is 41.6 Å². The van der Waals surface area contributed by atoms with E-state index in [1.165, 1.54) is 18.2 Å². The molecular weight excluding hydrogens is 380 g/mol. The van der Waals surface area contributed by atoms with Gasteiger partial charge in [-0.3, -0.25) is 9.59 Å². The quantitative estimate of drug-likeness (QED) is 0.426. The minimum atomic E-state index is -1.23. The minimum absolute atomic E-state index is 0.00753. The molecule has 2 aliphatic heterocycles. The molecule has 1 saturated carbocycles. The standard InChI is InChI=1S/C20H22N2O7/c23-11-7-8-14(18(27)28)20(10-11)19(29)22(20)9-3-6-15(22)21-16(24)12-4-1-2-5-13(12)17(25)26/h1-2,4-5,11,14-15,23H,3,6-10H2,(H2-,21,24,25,26,27,28)/p+1. The molecule has 5 unspecified atom stereocenters. The zero-order valence-electron chi connectivity index (χ0n) is 15.7. The Kier molecular flexibility index (Phi) is 4.47. The highest BCUT2D eigenvalue weighted by Crippen LogP contribution is 2.60. The molecule has 4 rings (SSSR count). The summed E-state index contributed by atoms with van der Waals surface area (Å²) in [6.45, 7) is 0.404. The van der Waals surface area contributed by atoms with Crippen molar-refractivity contribution in [1.29, 1.82) is 0 Å². The van der Waals surface area contributed by atoms with E-state index in [9.17, 15) is 34.5 Å². The molecule has 0 bridgehead atoms. The van der Waals surface area contributed by atoms with E-state index in [0.717, 1.165) is 0 Å². The molecule has 5 atom stereocenters. The van der Waals surface area contributed by atoms with Gasteiger partial charge in [0.1, 0.15) is 5.92 Å². The van der Waals surface area contributed by atoms with Crippen LogP contribution in [0.3, 0.4) is 0 Å². The van der Waals surface area contributed by atoms with Crippen LogP contribution in [0.4, 0.5) is 0 Å². The van der Waals surface area contributed by atoms with Crippen molar-refractivity contribution in [3.8, 4) is 0 Å². The van der Waals surface area contributed by atoms with Crippen LogP contribution in [0.15, 0.2) is 24.3 Å². The fourth-order valence-corrected chi connectivity index (χ4v) is 5.58. The van der Waals surface area contributed by atoms with E-state index in [0.29, 0.717) is 25.8 Å². The smallest absolute Gasteiger partial charge is 0.379 e. The predicted molar refractivity (Wildman–Crippen MR) is 97.7 cm³/mol. The number of carbonyl (C=O) groups is 4. The summed E-state index contributed by atoms with van der Waals surface area (Å²) in [4.78, 5) is 49.3. The van der Waals surface area contributed by atoms with E-state index in [4.69, 9.17) is 0 Å². The molecule has 1 aromatic carbocycles. The molecule has 1 aliphatic carbocycles. The number of hydrogen-bond donors (Lipinski definition) is 4. The van der Waals surface area contributed by atoms with Crippen LogP contribution < -0.4 is 5.32 Å². The molecule has 4 N–H and O–H groups in total. The number of carbonyl (C=O) groups excluding carboxylic acids is 2. The second-order valence-corrected chi connectivity index (χ2v) is 8.13. The number of fused-ring (bicyclic) bond motifs is 1. The molecule has 9 heteroatoms. The molecule has 9 nitrogen and oxygen atoms in total. The predicted octanol–water partition coefficient (Wildman–Crippen LogP) is 0.576. The number of hydrogen-bond acceptors (Lipinski definition) is 5. The van der Waals surface area contributed by atoms with Gasteiger partial charge in [0.15, 0.2) is 6.17 Å². The normalized spacial score (nSPS) is 35.6. The third-order valence-electron chi connectivity index (χ3n) is 6.82. The molecule has 0 aromatic heterocycles. The first-order valence-electron chi connectivity index (χ1n) is 9.72. The van der Waals surface area contributed by atoms with Crippen LogP contribution in [0.25, 0.3) is 0 Å². The fraction of sp³-hybridized carbons (Fsp3) is 0.500. The number of amides is 2. The highest BCUT2D eigenvalue weighted by molar-refractivity contribution is 6.05. The number of benzene rings is 1. The summed E-state index contributed by atoms with van der Waals surface area (Å²) in [5.41, 5.74) is -1.37. The zero-order valence-corrected chi connectivity index (χ0v) is 15.7. The van der Waals surface area contributed by atoms with E-state index in [-0.39, 0.29) is 34.4 Å². The maximum Gasteiger partial charge on any atom is 0.379 e. The molecule has 154 valence electrons. The Labute approximate surface area is 166 Å². The van der Waals surface area contributed by atoms with Gasteiger partial charge >= 0.3 is 17.8 Å². The minimum Gasteiger partial charge on any atom is -0.481 e. The third-order valence-corrected chi connectivity index (χ3v) is 6.82. The van der Waals surface area contributed by atoms with Crippen LogP contribution in [-0.2, 0) is 9.59 Å². The number of nitrogens with one attached hydrogen (secondary N) is 1. The van der Waals surface area contributed by atoms with Crippen molar-refractivity contribution in [3.05, 3.63) is 35.4 Å². The van der Waals surface area contributed by atoms with Crippen molar-refractivity contribution >= 4 is 23.8 Å². The van der Waals surface area contributed by atoms with Gasteiger partial charge < -0.3 is 20.6 Å². The molecule has 1 aromatic rings. The van der Waals surface area contributed by atoms with E-state index >= 15 is 0 Å². The van der Waals surface area contributed by atoms with Crippen LogP contribution in [0, 0.1) is 5.92 Å². The van der Waals surface area contributed by atoms with Crippen molar-refractivity contribution in [2.24, 2.45) is 5.92 Å². The lowest BCUT2D eigenvalue weighted by Crippen LogP contribution is -2.55. The first-order chi connectivity index (χ1) is 13.8. The number of nitrogens with zero attached hydrogens (tertiary/aromatic N) is 1. The molecule has 29 heavy (non-hydrogen) atoms. The molecular formula is C20H23N2O7+. The lowest BCUT2D eigenvalue weighted by Gasteiger charge is -2.33. The van der Waals surface area contributed by atoms with Crippen LogP contribution >= 0.6 is 0 Å². The lowest BCUT2D eigenvalue weighted by atomic mass is 9.76. The van der Waals surface area contributed by atoms with Crippen molar-refractivity contribution in [2.45, 2.75) is 49.9 Å². The molecule has 2 spiro atoms. The summed E-state index contributed by atoms with van der Waals surface area (Å²) >= 11 is 0. The summed E-state index contributed by atoms with van der Waals surface area (Å²) in [5, 5.41) is 32.0. The van der Waals surface area contributed by atoms with Crippen molar-refractivity contribution in [3.63, 3.8) is 0 Å². The molecule has 0 radical (unpaired) electrons. The second kappa shape index (κ2) is 6.64. The third kappa shape index (κ3) is 2.61. The number of rotatable bonds is 4. The fourth-order valence-electron chi connectivity index (χ4n) is 5.58. The Bertz CT molecular complexity index is 916. The molecule has 3 aliphatic rings. The van der Waals surface area contributed by atoms with Gasteiger partial charge in [0.2, 0.25) is 5.54 Å². The van der Waals surface area contributed by atoms with Gasteiger partial charge in [0.25, 0.3) is 5.91 Å². The highest BCUT2D eigenvalue weighted by Gasteiger charge is 2.88. The second-order valence-electron chi connectivity index (χ2n) is 8.13. The molecule has 2 saturated heterocycles. The first-order valence-corrected chi connectivity index (χ1v) is 9.72. The zero-order chi connectivity index (χ0) is 21.0. The van der Waals surface area contributed by atoms with Gasteiger partial charge in [-0.05, 0) is 25.0 Å². The number of aliphatic carboxylic acids is 1. The summed E-state index contributed by atoms with van der Waals surface area (Å²) in [5.74, 6) is -4.05. The topological polar surface area (TPSA) is 141 Å². The highest BCUT2D eigenvalue weighted by atomic mass is 16.4. The summed E-state index contributed by atoms with van der Waals surface area (Å²) in [6.07, 6.45) is 0.333. The van der Waals surface area contributed by atoms with Gasteiger partial charge in [-0.2, -0.15) is 0 Å². The van der Waals surface area contributed by atoms with E-state index in [1.54, 1.807) is 6.07 Å². The summed E-state index contributed by atoms with van der Waals surface area (Å²) in [6, 6.07) is 5.82. The lowest BCUT2D eigenvalue weighted by molar-refractivity contribution is -0.816. The monoisotopic (exact) mass is 403 g/mol. The van der Waals surface area contributed by atoms with Crippen LogP contribution in [0.1, 0.15) is 52.8 Å². The first kappa shape index (κ1) is 19.5. The van der Waals surface area contributed by atoms with E-state index in [2.05, 4.69) is 5.32 Å². The Balaban J connectivity index is 1.65. The number of carboxylic acid groups (broad SMARTS) is 2. The molecule has 2 amide bonds. The number of quaternary nitrogens is 1. The Morgan fingerprint density at radius 2 is 1.76 bits per heavy atom. The van der Waals surface area contributed by atoms with E-state index in [1.807, 2.05) is 0 Å².